The van der Waals surface area contributed by atoms with Crippen molar-refractivity contribution in [2.24, 2.45) is 0 Å². The van der Waals surface area contributed by atoms with Crippen molar-refractivity contribution in [3.8, 4) is 5.75 Å². The van der Waals surface area contributed by atoms with E-state index in [-0.39, 0.29) is 12.5 Å². The van der Waals surface area contributed by atoms with E-state index in [2.05, 4.69) is 0 Å². The zero-order valence-electron chi connectivity index (χ0n) is 15.4. The van der Waals surface area contributed by atoms with Crippen LogP contribution in [0, 0.1) is 0 Å². The lowest BCUT2D eigenvalue weighted by molar-refractivity contribution is -0.141. The van der Waals surface area contributed by atoms with E-state index >= 15 is 0 Å². The van der Waals surface area contributed by atoms with Gasteiger partial charge in [-0.3, -0.25) is 4.79 Å². The lowest BCUT2D eigenvalue weighted by atomic mass is 10.2. The van der Waals surface area contributed by atoms with E-state index in [1.807, 2.05) is 96.8 Å². The minimum atomic E-state index is -0.267. The number of nitrogens with zero attached hydrogens (tertiary/aromatic N) is 1. The van der Waals surface area contributed by atoms with E-state index in [0.717, 1.165) is 22.7 Å². The monoisotopic (exact) mass is 361 g/mol. The van der Waals surface area contributed by atoms with Gasteiger partial charge in [-0.25, -0.2) is 0 Å². The van der Waals surface area contributed by atoms with Crippen LogP contribution in [0.2, 0.25) is 0 Å². The number of rotatable bonds is 8. The van der Waals surface area contributed by atoms with Gasteiger partial charge in [0.25, 0.3) is 0 Å². The van der Waals surface area contributed by atoms with Crippen molar-refractivity contribution in [3.05, 3.63) is 90.5 Å². The van der Waals surface area contributed by atoms with Gasteiger partial charge in [-0.1, -0.05) is 54.6 Å². The molecule has 0 saturated carbocycles. The van der Waals surface area contributed by atoms with Gasteiger partial charge in [0.05, 0.1) is 6.61 Å². The Labute approximate surface area is 160 Å². The predicted octanol–water partition coefficient (Wildman–Crippen LogP) is 4.97. The number of carbonyl (C=O) groups excluding carboxylic acids is 1. The van der Waals surface area contributed by atoms with Gasteiger partial charge in [0.15, 0.2) is 0 Å². The number of hydrogen-bond donors (Lipinski definition) is 0. The van der Waals surface area contributed by atoms with Crippen LogP contribution in [0.15, 0.2) is 84.9 Å². The third-order valence-electron chi connectivity index (χ3n) is 4.04. The van der Waals surface area contributed by atoms with Crippen LogP contribution in [0.25, 0.3) is 0 Å². The molecule has 0 heterocycles. The zero-order chi connectivity index (χ0) is 18.9. The Hall–Kier alpha value is -3.27. The Morgan fingerprint density at radius 2 is 1.52 bits per heavy atom. The summed E-state index contributed by atoms with van der Waals surface area (Å²) in [6, 6.07) is 27.6. The summed E-state index contributed by atoms with van der Waals surface area (Å²) in [5, 5.41) is 0. The maximum atomic E-state index is 12.1. The summed E-state index contributed by atoms with van der Waals surface area (Å²) in [6.45, 7) is 2.80. The summed E-state index contributed by atoms with van der Waals surface area (Å²) in [7, 11) is 0. The molecule has 0 aromatic heterocycles. The molecule has 0 spiro atoms. The van der Waals surface area contributed by atoms with Crippen LogP contribution in [0.4, 0.5) is 11.4 Å². The number of para-hydroxylation sites is 1. The van der Waals surface area contributed by atoms with Crippen LogP contribution in [-0.2, 0) is 16.1 Å². The fourth-order valence-corrected chi connectivity index (χ4v) is 2.76. The van der Waals surface area contributed by atoms with Crippen molar-refractivity contribution >= 4 is 17.3 Å². The topological polar surface area (TPSA) is 38.8 Å². The fraction of sp³-hybridized carbons (Fsp3) is 0.174. The van der Waals surface area contributed by atoms with E-state index in [9.17, 15) is 4.79 Å². The number of ether oxygens (including phenoxy) is 2. The summed E-state index contributed by atoms with van der Waals surface area (Å²) in [5.41, 5.74) is 2.90. The average Bonchev–Trinajstić information content (AvgIpc) is 2.72. The molecular formula is C23H23NO3. The molecule has 0 aliphatic heterocycles. The quantitative estimate of drug-likeness (QED) is 0.531. The molecule has 0 saturated heterocycles. The Balaban J connectivity index is 1.80. The number of carbonyl (C=O) groups is 1. The van der Waals surface area contributed by atoms with Gasteiger partial charge in [0.1, 0.15) is 18.9 Å². The summed E-state index contributed by atoms with van der Waals surface area (Å²) in [6.07, 6.45) is 0. The third kappa shape index (κ3) is 5.35. The summed E-state index contributed by atoms with van der Waals surface area (Å²) in [4.78, 5) is 14.0. The highest BCUT2D eigenvalue weighted by Crippen LogP contribution is 2.28. The predicted molar refractivity (Wildman–Crippen MR) is 107 cm³/mol. The normalized spacial score (nSPS) is 10.3. The van der Waals surface area contributed by atoms with Gasteiger partial charge in [0, 0.05) is 17.4 Å². The lowest BCUT2D eigenvalue weighted by Crippen LogP contribution is -2.26. The molecule has 3 aromatic carbocycles. The number of esters is 1. The molecule has 0 atom stereocenters. The average molecular weight is 361 g/mol. The Morgan fingerprint density at radius 1 is 0.852 bits per heavy atom. The second kappa shape index (κ2) is 9.43. The maximum absolute atomic E-state index is 12.1. The summed E-state index contributed by atoms with van der Waals surface area (Å²) in [5.74, 6) is 0.484. The molecule has 138 valence electrons. The van der Waals surface area contributed by atoms with E-state index in [4.69, 9.17) is 9.47 Å². The van der Waals surface area contributed by atoms with Gasteiger partial charge in [-0.05, 0) is 36.8 Å². The largest absolute Gasteiger partial charge is 0.489 e. The number of benzene rings is 3. The van der Waals surface area contributed by atoms with Crippen LogP contribution in [0.1, 0.15) is 12.5 Å². The van der Waals surface area contributed by atoms with E-state index in [1.54, 1.807) is 0 Å². The maximum Gasteiger partial charge on any atom is 0.325 e. The van der Waals surface area contributed by atoms with Crippen LogP contribution in [0.5, 0.6) is 5.75 Å². The molecule has 0 bridgehead atoms. The van der Waals surface area contributed by atoms with Crippen molar-refractivity contribution in [1.82, 2.24) is 0 Å². The molecular weight excluding hydrogens is 338 g/mol. The van der Waals surface area contributed by atoms with Gasteiger partial charge < -0.3 is 14.4 Å². The standard InChI is InChI=1S/C23H23NO3/c1-2-26-23(25)17-24(20-12-7-4-8-13-20)21-14-9-15-22(16-21)27-18-19-10-5-3-6-11-19/h3-16H,2,17-18H2,1H3. The van der Waals surface area contributed by atoms with Crippen LogP contribution in [0.3, 0.4) is 0 Å². The number of anilines is 2. The molecule has 0 amide bonds. The van der Waals surface area contributed by atoms with Crippen LogP contribution >= 0.6 is 0 Å². The summed E-state index contributed by atoms with van der Waals surface area (Å²) >= 11 is 0. The molecule has 0 unspecified atom stereocenters. The van der Waals surface area contributed by atoms with Crippen molar-refractivity contribution < 1.29 is 14.3 Å². The lowest BCUT2D eigenvalue weighted by Gasteiger charge is -2.24. The first-order valence-electron chi connectivity index (χ1n) is 9.01. The van der Waals surface area contributed by atoms with Gasteiger partial charge in [-0.15, -0.1) is 0 Å². The highest BCUT2D eigenvalue weighted by atomic mass is 16.5. The third-order valence-corrected chi connectivity index (χ3v) is 4.04. The second-order valence-electron chi connectivity index (χ2n) is 6.00. The van der Waals surface area contributed by atoms with Gasteiger partial charge in [-0.2, -0.15) is 0 Å². The molecule has 3 rings (SSSR count). The van der Waals surface area contributed by atoms with Crippen LogP contribution in [-0.4, -0.2) is 19.1 Å². The summed E-state index contributed by atoms with van der Waals surface area (Å²) < 4.78 is 11.1. The van der Waals surface area contributed by atoms with E-state index < -0.39 is 0 Å². The minimum Gasteiger partial charge on any atom is -0.489 e. The Bertz CT molecular complexity index is 850. The van der Waals surface area contributed by atoms with Crippen molar-refractivity contribution in [1.29, 1.82) is 0 Å². The second-order valence-corrected chi connectivity index (χ2v) is 6.00. The van der Waals surface area contributed by atoms with Crippen molar-refractivity contribution in [2.45, 2.75) is 13.5 Å². The van der Waals surface area contributed by atoms with E-state index in [0.29, 0.717) is 13.2 Å². The molecule has 27 heavy (non-hydrogen) atoms. The fourth-order valence-electron chi connectivity index (χ4n) is 2.76. The number of hydrogen-bond acceptors (Lipinski definition) is 4. The molecule has 0 aliphatic rings. The smallest absolute Gasteiger partial charge is 0.325 e. The first kappa shape index (κ1) is 18.5. The highest BCUT2D eigenvalue weighted by Gasteiger charge is 2.15. The molecule has 4 nitrogen and oxygen atoms in total. The first-order chi connectivity index (χ1) is 13.3. The molecule has 4 heteroatoms. The Morgan fingerprint density at radius 3 is 2.22 bits per heavy atom. The molecule has 0 fully saturated rings. The molecule has 0 N–H and O–H groups in total. The molecule has 0 aliphatic carbocycles. The van der Waals surface area contributed by atoms with Gasteiger partial charge >= 0.3 is 5.97 Å². The van der Waals surface area contributed by atoms with Crippen molar-refractivity contribution in [2.75, 3.05) is 18.1 Å². The molecule has 0 radical (unpaired) electrons. The highest BCUT2D eigenvalue weighted by molar-refractivity contribution is 5.80. The van der Waals surface area contributed by atoms with Gasteiger partial charge in [0.2, 0.25) is 0 Å². The minimum absolute atomic E-state index is 0.139. The van der Waals surface area contributed by atoms with Crippen molar-refractivity contribution in [3.63, 3.8) is 0 Å². The van der Waals surface area contributed by atoms with E-state index in [1.165, 1.54) is 0 Å². The molecule has 3 aromatic rings. The zero-order valence-corrected chi connectivity index (χ0v) is 15.4. The Kier molecular flexibility index (Phi) is 6.47. The van der Waals surface area contributed by atoms with Crippen LogP contribution < -0.4 is 9.64 Å². The SMILES string of the molecule is CCOC(=O)CN(c1ccccc1)c1cccc(OCc2ccccc2)c1. The first-order valence-corrected chi connectivity index (χ1v) is 9.01.